The predicted octanol–water partition coefficient (Wildman–Crippen LogP) is 4.35. The Labute approximate surface area is 144 Å². The smallest absolute Gasteiger partial charge is 0.426 e. The summed E-state index contributed by atoms with van der Waals surface area (Å²) < 4.78 is 84.5. The van der Waals surface area contributed by atoms with Gasteiger partial charge in [0, 0.05) is 12.6 Å². The number of carbonyl (C=O) groups is 1. The first kappa shape index (κ1) is 20.1. The molecule has 144 valence electrons. The summed E-state index contributed by atoms with van der Waals surface area (Å²) in [5, 5.41) is 10.1. The molecule has 1 fully saturated rings. The highest BCUT2D eigenvalue weighted by atomic mass is 19.4. The molecule has 0 aromatic carbocycles. The Hall–Kier alpha value is -2.26. The van der Waals surface area contributed by atoms with E-state index in [0.717, 1.165) is 6.21 Å². The maximum absolute atomic E-state index is 14.1. The topological polar surface area (TPSA) is 58.9 Å². The Kier molecular flexibility index (Phi) is 5.52. The van der Waals surface area contributed by atoms with Crippen LogP contribution in [0.1, 0.15) is 26.2 Å². The third-order valence-corrected chi connectivity index (χ3v) is 3.70. The molecular weight excluding hydrogens is 368 g/mol. The van der Waals surface area contributed by atoms with Gasteiger partial charge in [-0.25, -0.2) is 18.0 Å². The molecule has 0 saturated heterocycles. The quantitative estimate of drug-likeness (QED) is 0.253. The number of nitrogens with zero attached hydrogens (tertiary/aromatic N) is 1. The summed E-state index contributed by atoms with van der Waals surface area (Å²) in [6.45, 7) is 1.31. The average Bonchev–Trinajstić information content (AvgIpc) is 3.29. The normalized spacial score (nSPS) is 25.3. The molecule has 2 aliphatic carbocycles. The number of allylic oxidation sites excluding steroid dienone is 3. The van der Waals surface area contributed by atoms with Crippen molar-refractivity contribution in [3.05, 3.63) is 34.6 Å². The minimum Gasteiger partial charge on any atom is -0.506 e. The van der Waals surface area contributed by atoms with E-state index in [1.807, 2.05) is 0 Å². The fourth-order valence-electron chi connectivity index (χ4n) is 2.15. The number of rotatable bonds is 5. The molecule has 0 bridgehead atoms. The number of hydrogen-bond donors (Lipinski definition) is 1. The lowest BCUT2D eigenvalue weighted by Gasteiger charge is -2.28. The Bertz CT molecular complexity index is 718. The van der Waals surface area contributed by atoms with E-state index in [-0.39, 0.29) is 12.6 Å². The highest BCUT2D eigenvalue weighted by Gasteiger charge is 2.57. The van der Waals surface area contributed by atoms with Crippen molar-refractivity contribution in [3.63, 3.8) is 0 Å². The van der Waals surface area contributed by atoms with Crippen LogP contribution in [0.4, 0.5) is 26.3 Å². The highest BCUT2D eigenvalue weighted by molar-refractivity contribution is 6.10. The molecule has 1 unspecified atom stereocenters. The zero-order valence-corrected chi connectivity index (χ0v) is 13.5. The number of halogens is 6. The molecule has 0 amide bonds. The molecule has 1 saturated carbocycles. The molecule has 0 aliphatic heterocycles. The van der Waals surface area contributed by atoms with Gasteiger partial charge in [-0.1, -0.05) is 0 Å². The predicted molar refractivity (Wildman–Crippen MR) is 79.6 cm³/mol. The van der Waals surface area contributed by atoms with Gasteiger partial charge < -0.3 is 9.84 Å². The third kappa shape index (κ3) is 4.10. The number of aliphatic imine (C=N–C) groups is 1. The monoisotopic (exact) mass is 383 g/mol. The van der Waals surface area contributed by atoms with E-state index >= 15 is 0 Å². The number of hydrogen-bond acceptors (Lipinski definition) is 4. The summed E-state index contributed by atoms with van der Waals surface area (Å²) in [6.07, 6.45) is -5.60. The first-order valence-corrected chi connectivity index (χ1v) is 7.67. The van der Waals surface area contributed by atoms with Crippen molar-refractivity contribution in [2.45, 2.75) is 44.1 Å². The first-order chi connectivity index (χ1) is 12.0. The van der Waals surface area contributed by atoms with Gasteiger partial charge in [-0.05, 0) is 25.8 Å². The summed E-state index contributed by atoms with van der Waals surface area (Å²) in [5.41, 5.74) is -6.31. The molecule has 0 radical (unpaired) electrons. The fourth-order valence-corrected chi connectivity index (χ4v) is 2.15. The van der Waals surface area contributed by atoms with Crippen LogP contribution in [0, 0.1) is 0 Å². The van der Waals surface area contributed by atoms with Crippen LogP contribution in [0.15, 0.2) is 39.6 Å². The second-order valence-electron chi connectivity index (χ2n) is 5.80. The molecule has 0 heterocycles. The van der Waals surface area contributed by atoms with Crippen LogP contribution in [-0.4, -0.2) is 41.8 Å². The number of aliphatic hydroxyl groups excluding tert-OH is 1. The van der Waals surface area contributed by atoms with Gasteiger partial charge >= 0.3 is 12.1 Å². The standard InChI is InChI=1S/C16H15F6NO3/c1-2-26-14(25)9(7-23-8-3-4-8)13(24)12-10(17)5-15(19,6-11(12)18)16(20,21)22/h5,7-8,24H,2-4,6H2,1H3/b13-9-,23-7?. The zero-order chi connectivity index (χ0) is 19.7. The van der Waals surface area contributed by atoms with Crippen LogP contribution >= 0.6 is 0 Å². The van der Waals surface area contributed by atoms with Crippen molar-refractivity contribution in [1.82, 2.24) is 0 Å². The van der Waals surface area contributed by atoms with Crippen LogP contribution in [0.25, 0.3) is 0 Å². The molecule has 2 aliphatic rings. The van der Waals surface area contributed by atoms with Crippen LogP contribution in [0.5, 0.6) is 0 Å². The van der Waals surface area contributed by atoms with Gasteiger partial charge in [0.15, 0.2) is 0 Å². The lowest BCUT2D eigenvalue weighted by Crippen LogP contribution is -2.41. The number of ether oxygens (including phenoxy) is 1. The number of esters is 1. The third-order valence-electron chi connectivity index (χ3n) is 3.70. The Morgan fingerprint density at radius 1 is 1.42 bits per heavy atom. The summed E-state index contributed by atoms with van der Waals surface area (Å²) in [4.78, 5) is 15.8. The maximum Gasteiger partial charge on any atom is 0.426 e. The lowest BCUT2D eigenvalue weighted by molar-refractivity contribution is -0.213. The largest absolute Gasteiger partial charge is 0.506 e. The van der Waals surface area contributed by atoms with E-state index < -0.39 is 58.9 Å². The van der Waals surface area contributed by atoms with Gasteiger partial charge in [0.1, 0.15) is 23.0 Å². The minimum atomic E-state index is -5.55. The molecule has 10 heteroatoms. The zero-order valence-electron chi connectivity index (χ0n) is 13.5. The summed E-state index contributed by atoms with van der Waals surface area (Å²) >= 11 is 0. The van der Waals surface area contributed by atoms with Gasteiger partial charge in [0.25, 0.3) is 0 Å². The van der Waals surface area contributed by atoms with Gasteiger partial charge in [0.2, 0.25) is 5.67 Å². The number of aliphatic hydroxyl groups is 1. The lowest BCUT2D eigenvalue weighted by atomic mass is 9.89. The molecule has 0 aromatic rings. The maximum atomic E-state index is 14.1. The number of alkyl halides is 4. The Morgan fingerprint density at radius 3 is 2.50 bits per heavy atom. The second kappa shape index (κ2) is 7.16. The first-order valence-electron chi connectivity index (χ1n) is 7.67. The Balaban J connectivity index is 2.47. The van der Waals surface area contributed by atoms with Crippen LogP contribution in [-0.2, 0) is 9.53 Å². The van der Waals surface area contributed by atoms with Crippen LogP contribution in [0.3, 0.4) is 0 Å². The van der Waals surface area contributed by atoms with Crippen molar-refractivity contribution in [1.29, 1.82) is 0 Å². The molecule has 1 N–H and O–H groups in total. The van der Waals surface area contributed by atoms with Gasteiger partial charge in [-0.2, -0.15) is 13.2 Å². The van der Waals surface area contributed by atoms with E-state index in [0.29, 0.717) is 12.8 Å². The fraction of sp³-hybridized carbons (Fsp3) is 0.500. The molecular formula is C16H15F6NO3. The average molecular weight is 383 g/mol. The summed E-state index contributed by atoms with van der Waals surface area (Å²) in [5.74, 6) is -6.34. The van der Waals surface area contributed by atoms with Gasteiger partial charge in [-0.3, -0.25) is 4.99 Å². The number of carbonyl (C=O) groups excluding carboxylic acids is 1. The van der Waals surface area contributed by atoms with Gasteiger partial charge in [0.05, 0.1) is 18.2 Å². The molecule has 1 atom stereocenters. The van der Waals surface area contributed by atoms with Crippen molar-refractivity contribution < 1.29 is 41.0 Å². The van der Waals surface area contributed by atoms with Crippen molar-refractivity contribution in [3.8, 4) is 0 Å². The van der Waals surface area contributed by atoms with Crippen LogP contribution in [0.2, 0.25) is 0 Å². The molecule has 2 rings (SSSR count). The molecule has 4 nitrogen and oxygen atoms in total. The minimum absolute atomic E-state index is 0.124. The van der Waals surface area contributed by atoms with E-state index in [1.165, 1.54) is 6.92 Å². The molecule has 26 heavy (non-hydrogen) atoms. The van der Waals surface area contributed by atoms with Crippen LogP contribution < -0.4 is 0 Å². The van der Waals surface area contributed by atoms with E-state index in [4.69, 9.17) is 0 Å². The second-order valence-corrected chi connectivity index (χ2v) is 5.80. The molecule has 0 spiro atoms. The SMILES string of the molecule is CCOC(=O)/C(C=NC1CC1)=C(\O)C1=C(F)CC(F)(C(F)(F)F)C=C1F. The van der Waals surface area contributed by atoms with E-state index in [1.54, 1.807) is 0 Å². The van der Waals surface area contributed by atoms with Crippen molar-refractivity contribution in [2.24, 2.45) is 4.99 Å². The van der Waals surface area contributed by atoms with E-state index in [2.05, 4.69) is 9.73 Å². The summed E-state index contributed by atoms with van der Waals surface area (Å²) in [7, 11) is 0. The summed E-state index contributed by atoms with van der Waals surface area (Å²) in [6, 6.07) is -0.124. The van der Waals surface area contributed by atoms with Crippen molar-refractivity contribution >= 4 is 12.2 Å². The van der Waals surface area contributed by atoms with Crippen molar-refractivity contribution in [2.75, 3.05) is 6.61 Å². The van der Waals surface area contributed by atoms with Gasteiger partial charge in [-0.15, -0.1) is 0 Å². The molecule has 0 aromatic heterocycles. The highest BCUT2D eigenvalue weighted by Crippen LogP contribution is 2.47. The Morgan fingerprint density at radius 2 is 2.04 bits per heavy atom. The van der Waals surface area contributed by atoms with E-state index in [9.17, 15) is 36.2 Å².